The molecule has 1 aromatic heterocycles. The highest BCUT2D eigenvalue weighted by atomic mass is 16.5. The number of ether oxygens (including phenoxy) is 1. The molecule has 2 heterocycles. The molecule has 1 saturated heterocycles. The Labute approximate surface area is 99.5 Å². The van der Waals surface area contributed by atoms with Gasteiger partial charge < -0.3 is 14.7 Å². The van der Waals surface area contributed by atoms with Crippen molar-refractivity contribution in [2.45, 2.75) is 0 Å². The summed E-state index contributed by atoms with van der Waals surface area (Å²) in [5.74, 6) is 1.20. The minimum Gasteiger partial charge on any atom is -0.508 e. The molecule has 2 aromatic rings. The largest absolute Gasteiger partial charge is 0.508 e. The number of morpholine rings is 1. The molecule has 4 heteroatoms. The number of phenolic OH excluding ortho intramolecular Hbond substituents is 1. The van der Waals surface area contributed by atoms with Crippen molar-refractivity contribution >= 4 is 16.7 Å². The summed E-state index contributed by atoms with van der Waals surface area (Å²) in [4.78, 5) is 6.77. The van der Waals surface area contributed by atoms with E-state index in [0.29, 0.717) is 0 Å². The fourth-order valence-electron chi connectivity index (χ4n) is 2.06. The predicted molar refractivity (Wildman–Crippen MR) is 66.4 cm³/mol. The first kappa shape index (κ1) is 10.4. The van der Waals surface area contributed by atoms with Gasteiger partial charge in [0.2, 0.25) is 0 Å². The van der Waals surface area contributed by atoms with E-state index in [0.717, 1.165) is 43.0 Å². The lowest BCUT2D eigenvalue weighted by Crippen LogP contribution is -2.36. The first-order valence-corrected chi connectivity index (χ1v) is 5.75. The highest BCUT2D eigenvalue weighted by molar-refractivity contribution is 5.81. The predicted octanol–water partition coefficient (Wildman–Crippen LogP) is 1.78. The molecule has 1 fully saturated rings. The van der Waals surface area contributed by atoms with E-state index in [1.807, 2.05) is 18.2 Å². The highest BCUT2D eigenvalue weighted by Gasteiger charge is 2.12. The molecule has 0 aliphatic carbocycles. The monoisotopic (exact) mass is 230 g/mol. The van der Waals surface area contributed by atoms with Gasteiger partial charge in [-0.25, -0.2) is 4.98 Å². The molecule has 88 valence electrons. The van der Waals surface area contributed by atoms with E-state index in [1.54, 1.807) is 12.1 Å². The average molecular weight is 230 g/mol. The van der Waals surface area contributed by atoms with Gasteiger partial charge in [0.05, 0.1) is 18.7 Å². The molecule has 0 amide bonds. The Hall–Kier alpha value is -1.81. The Balaban J connectivity index is 1.99. The number of hydrogen-bond donors (Lipinski definition) is 1. The summed E-state index contributed by atoms with van der Waals surface area (Å²) in [6.07, 6.45) is 0. The standard InChI is InChI=1S/C13H14N2O2/c16-11-3-1-10-2-4-13(14-12(10)9-11)15-5-7-17-8-6-15/h1-4,9,16H,5-8H2. The summed E-state index contributed by atoms with van der Waals surface area (Å²) in [6.45, 7) is 3.24. The lowest BCUT2D eigenvalue weighted by molar-refractivity contribution is 0.122. The van der Waals surface area contributed by atoms with Crippen molar-refractivity contribution < 1.29 is 9.84 Å². The SMILES string of the molecule is Oc1ccc2ccc(N3CCOCC3)nc2c1. The van der Waals surface area contributed by atoms with Crippen molar-refractivity contribution in [3.63, 3.8) is 0 Å². The third-order valence-electron chi connectivity index (χ3n) is 3.00. The highest BCUT2D eigenvalue weighted by Crippen LogP contribution is 2.22. The van der Waals surface area contributed by atoms with Gasteiger partial charge in [-0.2, -0.15) is 0 Å². The molecule has 0 radical (unpaired) electrons. The zero-order valence-corrected chi connectivity index (χ0v) is 9.47. The zero-order valence-electron chi connectivity index (χ0n) is 9.47. The number of anilines is 1. The van der Waals surface area contributed by atoms with E-state index >= 15 is 0 Å². The second-order valence-corrected chi connectivity index (χ2v) is 4.15. The summed E-state index contributed by atoms with van der Waals surface area (Å²) in [7, 11) is 0. The molecular weight excluding hydrogens is 216 g/mol. The fourth-order valence-corrected chi connectivity index (χ4v) is 2.06. The molecule has 0 bridgehead atoms. The van der Waals surface area contributed by atoms with Crippen LogP contribution in [0.3, 0.4) is 0 Å². The zero-order chi connectivity index (χ0) is 11.7. The number of pyridine rings is 1. The van der Waals surface area contributed by atoms with Crippen LogP contribution in [-0.4, -0.2) is 36.4 Å². The minimum absolute atomic E-state index is 0.254. The van der Waals surface area contributed by atoms with E-state index in [4.69, 9.17) is 4.74 Å². The van der Waals surface area contributed by atoms with Crippen LogP contribution in [0.15, 0.2) is 30.3 Å². The molecule has 3 rings (SSSR count). The molecule has 0 unspecified atom stereocenters. The van der Waals surface area contributed by atoms with Gasteiger partial charge >= 0.3 is 0 Å². The third-order valence-corrected chi connectivity index (χ3v) is 3.00. The molecule has 0 saturated carbocycles. The molecule has 1 aromatic carbocycles. The molecule has 0 spiro atoms. The Morgan fingerprint density at radius 3 is 2.71 bits per heavy atom. The molecule has 1 aliphatic heterocycles. The summed E-state index contributed by atoms with van der Waals surface area (Å²) in [6, 6.07) is 9.30. The van der Waals surface area contributed by atoms with Crippen LogP contribution < -0.4 is 4.90 Å². The van der Waals surface area contributed by atoms with Crippen molar-refractivity contribution in [2.24, 2.45) is 0 Å². The lowest BCUT2D eigenvalue weighted by Gasteiger charge is -2.27. The number of phenols is 1. The van der Waals surface area contributed by atoms with Crippen LogP contribution in [0.4, 0.5) is 5.82 Å². The van der Waals surface area contributed by atoms with E-state index in [9.17, 15) is 5.11 Å². The Morgan fingerprint density at radius 1 is 1.12 bits per heavy atom. The number of benzene rings is 1. The Morgan fingerprint density at radius 2 is 1.88 bits per heavy atom. The van der Waals surface area contributed by atoms with Gasteiger partial charge in [0.1, 0.15) is 11.6 Å². The maximum Gasteiger partial charge on any atom is 0.129 e. The van der Waals surface area contributed by atoms with Gasteiger partial charge in [-0.15, -0.1) is 0 Å². The number of hydrogen-bond acceptors (Lipinski definition) is 4. The van der Waals surface area contributed by atoms with Crippen molar-refractivity contribution in [1.82, 2.24) is 4.98 Å². The number of rotatable bonds is 1. The Bertz CT molecular complexity index is 536. The average Bonchev–Trinajstić information content (AvgIpc) is 2.39. The number of nitrogens with zero attached hydrogens (tertiary/aromatic N) is 2. The first-order chi connectivity index (χ1) is 8.33. The van der Waals surface area contributed by atoms with Crippen LogP contribution in [-0.2, 0) is 4.74 Å². The molecule has 17 heavy (non-hydrogen) atoms. The maximum atomic E-state index is 9.46. The van der Waals surface area contributed by atoms with E-state index in [-0.39, 0.29) is 5.75 Å². The summed E-state index contributed by atoms with van der Waals surface area (Å²) in [5.41, 5.74) is 0.828. The van der Waals surface area contributed by atoms with Crippen LogP contribution in [0.5, 0.6) is 5.75 Å². The van der Waals surface area contributed by atoms with Crippen LogP contribution in [0.2, 0.25) is 0 Å². The van der Waals surface area contributed by atoms with Crippen LogP contribution in [0.1, 0.15) is 0 Å². The number of fused-ring (bicyclic) bond motifs is 1. The topological polar surface area (TPSA) is 45.6 Å². The van der Waals surface area contributed by atoms with Gasteiger partial charge in [-0.3, -0.25) is 0 Å². The van der Waals surface area contributed by atoms with E-state index in [2.05, 4.69) is 9.88 Å². The minimum atomic E-state index is 0.254. The smallest absolute Gasteiger partial charge is 0.129 e. The Kier molecular flexibility index (Phi) is 2.57. The van der Waals surface area contributed by atoms with Crippen molar-refractivity contribution in [2.75, 3.05) is 31.2 Å². The molecule has 1 aliphatic rings. The molecule has 0 atom stereocenters. The van der Waals surface area contributed by atoms with Gasteiger partial charge in [-0.1, -0.05) is 0 Å². The van der Waals surface area contributed by atoms with Gasteiger partial charge in [-0.05, 0) is 24.3 Å². The first-order valence-electron chi connectivity index (χ1n) is 5.75. The molecular formula is C13H14N2O2. The van der Waals surface area contributed by atoms with Crippen LogP contribution in [0, 0.1) is 0 Å². The molecule has 4 nitrogen and oxygen atoms in total. The molecule has 1 N–H and O–H groups in total. The van der Waals surface area contributed by atoms with Crippen LogP contribution in [0.25, 0.3) is 10.9 Å². The second-order valence-electron chi connectivity index (χ2n) is 4.15. The van der Waals surface area contributed by atoms with Gasteiger partial charge in [0.25, 0.3) is 0 Å². The van der Waals surface area contributed by atoms with Crippen LogP contribution >= 0.6 is 0 Å². The van der Waals surface area contributed by atoms with E-state index in [1.165, 1.54) is 0 Å². The fraction of sp³-hybridized carbons (Fsp3) is 0.308. The van der Waals surface area contributed by atoms with Crippen molar-refractivity contribution in [1.29, 1.82) is 0 Å². The summed E-state index contributed by atoms with van der Waals surface area (Å²) < 4.78 is 5.32. The lowest BCUT2D eigenvalue weighted by atomic mass is 10.2. The summed E-state index contributed by atoms with van der Waals surface area (Å²) in [5, 5.41) is 10.5. The number of aromatic hydroxyl groups is 1. The van der Waals surface area contributed by atoms with Crippen molar-refractivity contribution in [3.8, 4) is 5.75 Å². The van der Waals surface area contributed by atoms with Crippen molar-refractivity contribution in [3.05, 3.63) is 30.3 Å². The summed E-state index contributed by atoms with van der Waals surface area (Å²) >= 11 is 0. The third kappa shape index (κ3) is 2.03. The van der Waals surface area contributed by atoms with E-state index < -0.39 is 0 Å². The maximum absolute atomic E-state index is 9.46. The normalized spacial score (nSPS) is 16.4. The quantitative estimate of drug-likeness (QED) is 0.811. The van der Waals surface area contributed by atoms with Gasteiger partial charge in [0, 0.05) is 24.5 Å². The number of aromatic nitrogens is 1. The second kappa shape index (κ2) is 4.22. The van der Waals surface area contributed by atoms with Gasteiger partial charge in [0.15, 0.2) is 0 Å².